The maximum absolute atomic E-state index is 13.4. The van der Waals surface area contributed by atoms with Gasteiger partial charge in [0.15, 0.2) is 0 Å². The molecule has 4 rings (SSSR count). The molecule has 0 amide bonds. The zero-order valence-electron chi connectivity index (χ0n) is 18.8. The third kappa shape index (κ3) is 5.14. The summed E-state index contributed by atoms with van der Waals surface area (Å²) in [6.45, 7) is 1.80. The molecule has 1 atom stereocenters. The molecule has 2 N–H and O–H groups in total. The van der Waals surface area contributed by atoms with Crippen LogP contribution in [0.2, 0.25) is 0 Å². The van der Waals surface area contributed by atoms with Crippen molar-refractivity contribution in [2.24, 2.45) is 0 Å². The lowest BCUT2D eigenvalue weighted by atomic mass is 10.0. The molecule has 0 saturated heterocycles. The first-order valence-corrected chi connectivity index (χ1v) is 10.8. The number of likely N-dealkylation sites (N-methyl/N-ethyl adjacent to an activating group) is 1. The number of carbonyl (C=O) groups is 1. The molecule has 3 aromatic rings. The van der Waals surface area contributed by atoms with Crippen molar-refractivity contribution in [3.05, 3.63) is 83.2 Å². The van der Waals surface area contributed by atoms with Crippen LogP contribution in [0, 0.1) is 6.92 Å². The van der Waals surface area contributed by atoms with Crippen molar-refractivity contribution in [3.8, 4) is 0 Å². The molecule has 34 heavy (non-hydrogen) atoms. The number of nitrogens with zero attached hydrogens (tertiary/aromatic N) is 3. The van der Waals surface area contributed by atoms with Gasteiger partial charge in [-0.2, -0.15) is 13.2 Å². The van der Waals surface area contributed by atoms with E-state index < -0.39 is 18.7 Å². The Bertz CT molecular complexity index is 1180. The minimum Gasteiger partial charge on any atom is -0.478 e. The molecule has 1 aliphatic rings. The molecule has 9 heteroatoms. The number of carboxylic acids is 1. The highest BCUT2D eigenvalue weighted by Gasteiger charge is 2.33. The van der Waals surface area contributed by atoms with Crippen molar-refractivity contribution in [1.29, 1.82) is 0 Å². The van der Waals surface area contributed by atoms with E-state index in [1.165, 1.54) is 23.4 Å². The normalized spacial score (nSPS) is 15.7. The van der Waals surface area contributed by atoms with Gasteiger partial charge in [0.25, 0.3) is 0 Å². The maximum Gasteiger partial charge on any atom is 0.406 e. The average molecular weight is 470 g/mol. The Morgan fingerprint density at radius 3 is 2.56 bits per heavy atom. The highest BCUT2D eigenvalue weighted by molar-refractivity contribution is 5.93. The van der Waals surface area contributed by atoms with Crippen molar-refractivity contribution in [2.45, 2.75) is 25.7 Å². The number of rotatable bonds is 7. The van der Waals surface area contributed by atoms with Gasteiger partial charge in [-0.25, -0.2) is 4.79 Å². The Kier molecular flexibility index (Phi) is 6.47. The molecular formula is C25H25F3N4O2. The van der Waals surface area contributed by atoms with E-state index in [9.17, 15) is 23.1 Å². The number of hydrogen-bond acceptors (Lipinski definition) is 5. The van der Waals surface area contributed by atoms with E-state index in [1.54, 1.807) is 30.3 Å². The van der Waals surface area contributed by atoms with Gasteiger partial charge in [0.2, 0.25) is 0 Å². The quantitative estimate of drug-likeness (QED) is 0.483. The van der Waals surface area contributed by atoms with Gasteiger partial charge >= 0.3 is 12.1 Å². The van der Waals surface area contributed by atoms with Crippen LogP contribution in [-0.4, -0.2) is 47.3 Å². The van der Waals surface area contributed by atoms with Gasteiger partial charge in [-0.15, -0.1) is 0 Å². The molecule has 2 heterocycles. The monoisotopic (exact) mass is 470 g/mol. The number of aromatic carboxylic acids is 1. The van der Waals surface area contributed by atoms with Gasteiger partial charge in [-0.05, 0) is 55.4 Å². The van der Waals surface area contributed by atoms with Crippen LogP contribution in [0.25, 0.3) is 0 Å². The van der Waals surface area contributed by atoms with E-state index in [2.05, 4.69) is 15.2 Å². The molecule has 0 spiro atoms. The molecule has 0 fully saturated rings. The molecule has 0 radical (unpaired) electrons. The minimum absolute atomic E-state index is 0.0682. The molecule has 2 aromatic carbocycles. The van der Waals surface area contributed by atoms with Crippen LogP contribution in [0.3, 0.4) is 0 Å². The van der Waals surface area contributed by atoms with Gasteiger partial charge in [0, 0.05) is 30.7 Å². The third-order valence-electron chi connectivity index (χ3n) is 5.97. The molecule has 1 unspecified atom stereocenters. The Labute approximate surface area is 195 Å². The molecule has 0 aliphatic carbocycles. The molecule has 6 nitrogen and oxygen atoms in total. The fourth-order valence-corrected chi connectivity index (χ4v) is 4.27. The van der Waals surface area contributed by atoms with Crippen LogP contribution >= 0.6 is 0 Å². The topological polar surface area (TPSA) is 68.7 Å². The zero-order valence-corrected chi connectivity index (χ0v) is 18.8. The predicted molar refractivity (Wildman–Crippen MR) is 125 cm³/mol. The average Bonchev–Trinajstić information content (AvgIpc) is 3.10. The lowest BCUT2D eigenvalue weighted by Crippen LogP contribution is -2.30. The Morgan fingerprint density at radius 1 is 1.18 bits per heavy atom. The van der Waals surface area contributed by atoms with E-state index in [4.69, 9.17) is 0 Å². The van der Waals surface area contributed by atoms with E-state index in [-0.39, 0.29) is 11.6 Å². The first kappa shape index (κ1) is 23.6. The Balaban J connectivity index is 1.59. The van der Waals surface area contributed by atoms with E-state index in [0.29, 0.717) is 30.2 Å². The second-order valence-electron chi connectivity index (χ2n) is 8.46. The fourth-order valence-electron chi connectivity index (χ4n) is 4.27. The van der Waals surface area contributed by atoms with Crippen LogP contribution in [0.15, 0.2) is 60.9 Å². The van der Waals surface area contributed by atoms with E-state index in [0.717, 1.165) is 16.7 Å². The summed E-state index contributed by atoms with van der Waals surface area (Å²) in [5.74, 6) is -1.05. The lowest BCUT2D eigenvalue weighted by Gasteiger charge is -2.27. The Hall–Kier alpha value is -3.59. The molecular weight excluding hydrogens is 445 g/mol. The number of nitrogens with one attached hydrogen (secondary N) is 1. The third-order valence-corrected chi connectivity index (χ3v) is 5.97. The van der Waals surface area contributed by atoms with Crippen LogP contribution in [0.1, 0.15) is 33.1 Å². The summed E-state index contributed by atoms with van der Waals surface area (Å²) < 4.78 is 40.2. The number of halogens is 3. The molecule has 1 aromatic heterocycles. The van der Waals surface area contributed by atoms with Crippen molar-refractivity contribution in [2.75, 3.05) is 30.4 Å². The summed E-state index contributed by atoms with van der Waals surface area (Å²) in [5.41, 5.74) is 4.41. The molecule has 178 valence electrons. The first-order chi connectivity index (χ1) is 16.1. The second-order valence-corrected chi connectivity index (χ2v) is 8.46. The largest absolute Gasteiger partial charge is 0.478 e. The molecule has 0 bridgehead atoms. The highest BCUT2D eigenvalue weighted by atomic mass is 19.4. The number of aryl methyl sites for hydroxylation is 1. The number of aromatic nitrogens is 1. The Morgan fingerprint density at radius 2 is 1.88 bits per heavy atom. The second kappa shape index (κ2) is 9.34. The van der Waals surface area contributed by atoms with Crippen LogP contribution in [0.4, 0.5) is 30.2 Å². The summed E-state index contributed by atoms with van der Waals surface area (Å²) in [6.07, 6.45) is -1.47. The van der Waals surface area contributed by atoms with Crippen molar-refractivity contribution >= 4 is 23.0 Å². The summed E-state index contributed by atoms with van der Waals surface area (Å²) in [5, 5.41) is 12.5. The van der Waals surface area contributed by atoms with Crippen LogP contribution < -0.4 is 10.2 Å². The maximum atomic E-state index is 13.4. The van der Waals surface area contributed by atoms with E-state index >= 15 is 0 Å². The summed E-state index contributed by atoms with van der Waals surface area (Å²) in [4.78, 5) is 18.8. The van der Waals surface area contributed by atoms with Crippen molar-refractivity contribution < 1.29 is 23.1 Å². The van der Waals surface area contributed by atoms with Crippen molar-refractivity contribution in [1.82, 2.24) is 9.88 Å². The van der Waals surface area contributed by atoms with Gasteiger partial charge in [-0.3, -0.25) is 9.88 Å². The van der Waals surface area contributed by atoms with Gasteiger partial charge in [-0.1, -0.05) is 23.8 Å². The summed E-state index contributed by atoms with van der Waals surface area (Å²) >= 11 is 0. The number of hydrogen-bond donors (Lipinski definition) is 2. The van der Waals surface area contributed by atoms with Crippen LogP contribution in [0.5, 0.6) is 0 Å². The van der Waals surface area contributed by atoms with E-state index in [1.807, 2.05) is 26.1 Å². The van der Waals surface area contributed by atoms with Gasteiger partial charge in [0.1, 0.15) is 6.54 Å². The first-order valence-electron chi connectivity index (χ1n) is 10.8. The molecule has 1 aliphatic heterocycles. The highest BCUT2D eigenvalue weighted by Crippen LogP contribution is 2.38. The number of alkyl halides is 3. The van der Waals surface area contributed by atoms with Gasteiger partial charge < -0.3 is 15.3 Å². The van der Waals surface area contributed by atoms with Gasteiger partial charge in [0.05, 0.1) is 23.5 Å². The SMILES string of the molecule is Cc1ccc(N(CC(F)(F)F)c2ccc3c(c2)CN(C)C3CNc2cnccc2C(=O)O)cc1. The number of benzene rings is 2. The summed E-state index contributed by atoms with van der Waals surface area (Å²) in [7, 11) is 1.93. The predicted octanol–water partition coefficient (Wildman–Crippen LogP) is 5.39. The van der Waals surface area contributed by atoms with Crippen LogP contribution in [-0.2, 0) is 6.54 Å². The number of fused-ring (bicyclic) bond motifs is 1. The number of anilines is 3. The number of pyridine rings is 1. The lowest BCUT2D eigenvalue weighted by molar-refractivity contribution is -0.118. The standard InChI is InChI=1S/C25H25F3N4O2/c1-16-3-5-18(6-4-16)32(15-25(26,27)28)19-7-8-20-17(11-19)14-31(2)23(20)13-30-22-12-29-10-9-21(22)24(33)34/h3-12,23,30H,13-15H2,1-2H3,(H,33,34). The zero-order chi connectivity index (χ0) is 24.5. The fraction of sp³-hybridized carbons (Fsp3) is 0.280. The smallest absolute Gasteiger partial charge is 0.406 e. The molecule has 0 saturated carbocycles. The number of carboxylic acid groups (broad SMARTS) is 1. The minimum atomic E-state index is -4.36. The summed E-state index contributed by atoms with van der Waals surface area (Å²) in [6, 6.07) is 13.7. The van der Waals surface area contributed by atoms with Crippen molar-refractivity contribution in [3.63, 3.8) is 0 Å².